The SMILES string of the molecule is O=C1NC(=O)C(CCSSCCC2NC(=O)NC2=O)N1. The second kappa shape index (κ2) is 6.84. The van der Waals surface area contributed by atoms with Crippen LogP contribution < -0.4 is 21.3 Å². The van der Waals surface area contributed by atoms with Gasteiger partial charge in [-0.05, 0) is 12.8 Å². The second-order valence-corrected chi connectivity index (χ2v) is 6.95. The molecule has 2 heterocycles. The minimum absolute atomic E-state index is 0.286. The molecule has 0 aromatic heterocycles. The highest BCUT2D eigenvalue weighted by Gasteiger charge is 2.29. The average Bonchev–Trinajstić information content (AvgIpc) is 2.86. The summed E-state index contributed by atoms with van der Waals surface area (Å²) in [5.41, 5.74) is 0. The van der Waals surface area contributed by atoms with Crippen LogP contribution in [0.25, 0.3) is 0 Å². The molecular weight excluding hydrogens is 304 g/mol. The van der Waals surface area contributed by atoms with Crippen LogP contribution in [0.1, 0.15) is 12.8 Å². The van der Waals surface area contributed by atoms with Crippen molar-refractivity contribution in [3.05, 3.63) is 0 Å². The van der Waals surface area contributed by atoms with Crippen LogP contribution >= 0.6 is 21.6 Å². The lowest BCUT2D eigenvalue weighted by Crippen LogP contribution is -2.29. The summed E-state index contributed by atoms with van der Waals surface area (Å²) in [6.07, 6.45) is 1.13. The quantitative estimate of drug-likeness (QED) is 0.287. The molecule has 20 heavy (non-hydrogen) atoms. The third-order valence-electron chi connectivity index (χ3n) is 2.78. The molecule has 0 aromatic carbocycles. The van der Waals surface area contributed by atoms with E-state index in [1.165, 1.54) is 0 Å². The number of carbonyl (C=O) groups is 4. The fraction of sp³-hybridized carbons (Fsp3) is 0.600. The number of hydrogen-bond donors (Lipinski definition) is 4. The zero-order valence-electron chi connectivity index (χ0n) is 10.4. The monoisotopic (exact) mass is 318 g/mol. The summed E-state index contributed by atoms with van der Waals surface area (Å²) in [5, 5.41) is 9.41. The lowest BCUT2D eigenvalue weighted by molar-refractivity contribution is -0.121. The van der Waals surface area contributed by atoms with E-state index in [0.29, 0.717) is 24.3 Å². The summed E-state index contributed by atoms with van der Waals surface area (Å²) < 4.78 is 0. The lowest BCUT2D eigenvalue weighted by Gasteiger charge is -2.07. The van der Waals surface area contributed by atoms with Crippen LogP contribution in [0.15, 0.2) is 0 Å². The molecule has 10 heteroatoms. The van der Waals surface area contributed by atoms with E-state index in [2.05, 4.69) is 21.3 Å². The van der Waals surface area contributed by atoms with Crippen LogP contribution in [0.3, 0.4) is 0 Å². The Labute approximate surface area is 123 Å². The molecule has 0 bridgehead atoms. The van der Waals surface area contributed by atoms with Gasteiger partial charge in [0.15, 0.2) is 0 Å². The highest BCUT2D eigenvalue weighted by Crippen LogP contribution is 2.24. The van der Waals surface area contributed by atoms with Crippen LogP contribution in [0.4, 0.5) is 9.59 Å². The van der Waals surface area contributed by atoms with Crippen molar-refractivity contribution < 1.29 is 19.2 Å². The van der Waals surface area contributed by atoms with E-state index in [-0.39, 0.29) is 11.8 Å². The predicted octanol–water partition coefficient (Wildman–Crippen LogP) is -0.436. The molecule has 0 spiro atoms. The molecule has 2 rings (SSSR count). The molecule has 2 atom stereocenters. The first-order valence-electron chi connectivity index (χ1n) is 6.03. The van der Waals surface area contributed by atoms with Gasteiger partial charge in [-0.2, -0.15) is 0 Å². The fourth-order valence-corrected chi connectivity index (χ4v) is 3.96. The summed E-state index contributed by atoms with van der Waals surface area (Å²) in [7, 11) is 3.14. The molecule has 0 aliphatic carbocycles. The summed E-state index contributed by atoms with van der Waals surface area (Å²) in [6, 6.07) is -1.78. The van der Waals surface area contributed by atoms with E-state index in [1.54, 1.807) is 21.6 Å². The summed E-state index contributed by atoms with van der Waals surface area (Å²) >= 11 is 0. The van der Waals surface area contributed by atoms with Crippen molar-refractivity contribution in [2.75, 3.05) is 11.5 Å². The smallest absolute Gasteiger partial charge is 0.322 e. The number of amides is 6. The zero-order valence-corrected chi connectivity index (χ0v) is 12.1. The highest BCUT2D eigenvalue weighted by atomic mass is 33.1. The topological polar surface area (TPSA) is 116 Å². The highest BCUT2D eigenvalue weighted by molar-refractivity contribution is 8.76. The van der Waals surface area contributed by atoms with Crippen molar-refractivity contribution in [2.45, 2.75) is 24.9 Å². The normalized spacial score (nSPS) is 25.2. The number of carbonyl (C=O) groups excluding carboxylic acids is 4. The number of rotatable bonds is 7. The van der Waals surface area contributed by atoms with Crippen molar-refractivity contribution in [3.63, 3.8) is 0 Å². The molecular formula is C10H14N4O4S2. The summed E-state index contributed by atoms with van der Waals surface area (Å²) in [6.45, 7) is 0. The molecule has 110 valence electrons. The van der Waals surface area contributed by atoms with Crippen LogP contribution in [-0.2, 0) is 9.59 Å². The second-order valence-electron chi connectivity index (χ2n) is 4.25. The Morgan fingerprint density at radius 1 is 0.750 bits per heavy atom. The number of urea groups is 2. The molecule has 2 aliphatic heterocycles. The predicted molar refractivity (Wildman–Crippen MR) is 75.1 cm³/mol. The van der Waals surface area contributed by atoms with Crippen molar-refractivity contribution in [1.82, 2.24) is 21.3 Å². The van der Waals surface area contributed by atoms with Crippen LogP contribution in [0, 0.1) is 0 Å². The summed E-state index contributed by atoms with van der Waals surface area (Å²) in [5.74, 6) is 0.857. The fourth-order valence-electron chi connectivity index (χ4n) is 1.77. The first-order chi connectivity index (χ1) is 9.56. The van der Waals surface area contributed by atoms with Gasteiger partial charge in [-0.3, -0.25) is 20.2 Å². The van der Waals surface area contributed by atoms with Crippen molar-refractivity contribution in [2.24, 2.45) is 0 Å². The van der Waals surface area contributed by atoms with Gasteiger partial charge in [-0.25, -0.2) is 9.59 Å². The third kappa shape index (κ3) is 4.04. The molecule has 2 unspecified atom stereocenters. The van der Waals surface area contributed by atoms with Gasteiger partial charge in [-0.1, -0.05) is 21.6 Å². The molecule has 2 fully saturated rings. The van der Waals surface area contributed by atoms with Gasteiger partial charge in [0.05, 0.1) is 0 Å². The van der Waals surface area contributed by atoms with Crippen LogP contribution in [-0.4, -0.2) is 47.5 Å². The van der Waals surface area contributed by atoms with E-state index in [0.717, 1.165) is 0 Å². The Morgan fingerprint density at radius 3 is 1.45 bits per heavy atom. The Morgan fingerprint density at radius 2 is 1.15 bits per heavy atom. The van der Waals surface area contributed by atoms with E-state index in [1.807, 2.05) is 0 Å². The van der Waals surface area contributed by atoms with Crippen LogP contribution in [0.5, 0.6) is 0 Å². The molecule has 2 saturated heterocycles. The molecule has 2 aliphatic rings. The maximum Gasteiger partial charge on any atom is 0.322 e. The van der Waals surface area contributed by atoms with Gasteiger partial charge in [0.1, 0.15) is 12.1 Å². The number of hydrogen-bond acceptors (Lipinski definition) is 6. The van der Waals surface area contributed by atoms with Gasteiger partial charge in [-0.15, -0.1) is 0 Å². The maximum absolute atomic E-state index is 11.3. The Kier molecular flexibility index (Phi) is 5.12. The van der Waals surface area contributed by atoms with Gasteiger partial charge in [0.2, 0.25) is 0 Å². The Hall–Kier alpha value is -1.42. The van der Waals surface area contributed by atoms with E-state index >= 15 is 0 Å². The molecule has 0 aromatic rings. The third-order valence-corrected chi connectivity index (χ3v) is 5.25. The summed E-state index contributed by atoms with van der Waals surface area (Å²) in [4.78, 5) is 44.3. The number of imide groups is 2. The van der Waals surface area contributed by atoms with Gasteiger partial charge in [0.25, 0.3) is 11.8 Å². The van der Waals surface area contributed by atoms with Crippen molar-refractivity contribution >= 4 is 45.5 Å². The maximum atomic E-state index is 11.3. The average molecular weight is 318 g/mol. The Bertz CT molecular complexity index is 405. The van der Waals surface area contributed by atoms with Gasteiger partial charge in [0, 0.05) is 11.5 Å². The van der Waals surface area contributed by atoms with E-state index in [9.17, 15) is 19.2 Å². The van der Waals surface area contributed by atoms with Gasteiger partial charge >= 0.3 is 12.1 Å². The lowest BCUT2D eigenvalue weighted by atomic mass is 10.2. The first kappa shape index (κ1) is 15.0. The minimum atomic E-state index is -0.449. The van der Waals surface area contributed by atoms with E-state index in [4.69, 9.17) is 0 Å². The minimum Gasteiger partial charge on any atom is -0.326 e. The zero-order chi connectivity index (χ0) is 14.5. The van der Waals surface area contributed by atoms with E-state index < -0.39 is 24.1 Å². The molecule has 0 saturated carbocycles. The van der Waals surface area contributed by atoms with Crippen molar-refractivity contribution in [1.29, 1.82) is 0 Å². The van der Waals surface area contributed by atoms with Crippen LogP contribution in [0.2, 0.25) is 0 Å². The number of nitrogens with one attached hydrogen (secondary N) is 4. The largest absolute Gasteiger partial charge is 0.326 e. The molecule has 8 nitrogen and oxygen atoms in total. The molecule has 0 radical (unpaired) electrons. The standard InChI is InChI=1S/C10H14N4O4S2/c15-7-5(11-9(17)13-7)1-3-19-20-4-2-6-8(16)14-10(18)12-6/h5-6H,1-4H2,(H2,11,13,15,17)(H2,12,14,16,18). The Balaban J connectivity index is 1.52. The van der Waals surface area contributed by atoms with Crippen molar-refractivity contribution in [3.8, 4) is 0 Å². The first-order valence-corrected chi connectivity index (χ1v) is 8.52. The van der Waals surface area contributed by atoms with Gasteiger partial charge < -0.3 is 10.6 Å². The molecule has 6 amide bonds. The molecule has 4 N–H and O–H groups in total.